The van der Waals surface area contributed by atoms with E-state index in [-0.39, 0.29) is 0 Å². The maximum Gasteiger partial charge on any atom is 0.330 e. The zero-order valence-electron chi connectivity index (χ0n) is 17.3. The van der Waals surface area contributed by atoms with Crippen LogP contribution in [-0.2, 0) is 9.59 Å². The number of aliphatic carboxylic acids is 2. The lowest BCUT2D eigenvalue weighted by molar-refractivity contribution is -0.133. The molecule has 2 N–H and O–H groups in total. The third-order valence-corrected chi connectivity index (χ3v) is 3.98. The number of carboxylic acid groups (broad SMARTS) is 2. The second-order valence-electron chi connectivity index (χ2n) is 7.04. The average Bonchev–Trinajstić information content (AvgIpc) is 2.65. The Labute approximate surface area is 168 Å². The first-order valence-electron chi connectivity index (χ1n) is 9.73. The van der Waals surface area contributed by atoms with E-state index in [9.17, 15) is 9.59 Å². The van der Waals surface area contributed by atoms with Crippen molar-refractivity contribution in [1.82, 2.24) is 0 Å². The van der Waals surface area contributed by atoms with Gasteiger partial charge >= 0.3 is 11.9 Å². The molecule has 5 heteroatoms. The largest absolute Gasteiger partial charge is 0.493 e. The summed E-state index contributed by atoms with van der Waals surface area (Å²) in [4.78, 5) is 20.8. The monoisotopic (exact) mass is 390 g/mol. The van der Waals surface area contributed by atoms with Crippen molar-refractivity contribution in [3.8, 4) is 5.75 Å². The molecule has 28 heavy (non-hydrogen) atoms. The van der Waals surface area contributed by atoms with Crippen LogP contribution in [-0.4, -0.2) is 28.8 Å². The maximum atomic E-state index is 10.5. The Morgan fingerprint density at radius 3 is 2.25 bits per heavy atom. The summed E-state index contributed by atoms with van der Waals surface area (Å²) in [6, 6.07) is 9.45. The summed E-state index contributed by atoms with van der Waals surface area (Å²) >= 11 is 0. The fourth-order valence-electron chi connectivity index (χ4n) is 2.23. The number of para-hydroxylation sites is 1. The molecule has 0 aliphatic carbocycles. The molecular weight excluding hydrogens is 356 g/mol. The fraction of sp³-hybridized carbons (Fsp3) is 0.478. The smallest absolute Gasteiger partial charge is 0.330 e. The third kappa shape index (κ3) is 14.6. The van der Waals surface area contributed by atoms with Gasteiger partial charge in [0.2, 0.25) is 0 Å². The zero-order valence-corrected chi connectivity index (χ0v) is 17.3. The van der Waals surface area contributed by atoms with Crippen LogP contribution in [0, 0.1) is 5.92 Å². The lowest BCUT2D eigenvalue weighted by Crippen LogP contribution is -1.99. The number of unbranched alkanes of at least 4 members (excludes halogenated alkanes) is 2. The molecule has 1 rings (SSSR count). The Bertz CT molecular complexity index is 617. The van der Waals surface area contributed by atoms with Crippen LogP contribution in [0.4, 0.5) is 0 Å². The lowest BCUT2D eigenvalue weighted by Gasteiger charge is -2.03. The second-order valence-corrected chi connectivity index (χ2v) is 7.04. The third-order valence-electron chi connectivity index (χ3n) is 3.98. The van der Waals surface area contributed by atoms with E-state index in [0.717, 1.165) is 24.5 Å². The number of rotatable bonds is 12. The van der Waals surface area contributed by atoms with E-state index in [1.165, 1.54) is 12.8 Å². The van der Waals surface area contributed by atoms with Gasteiger partial charge in [0.25, 0.3) is 0 Å². The number of benzene rings is 1. The summed E-state index contributed by atoms with van der Waals surface area (Å²) in [5.41, 5.74) is 0.691. The van der Waals surface area contributed by atoms with Crippen molar-refractivity contribution in [2.75, 3.05) is 6.61 Å². The number of ether oxygens (including phenoxy) is 1. The van der Waals surface area contributed by atoms with E-state index in [4.69, 9.17) is 14.9 Å². The van der Waals surface area contributed by atoms with Crippen LogP contribution in [0.25, 0.3) is 0 Å². The molecule has 0 radical (unpaired) electrons. The van der Waals surface area contributed by atoms with Crippen LogP contribution in [0.3, 0.4) is 0 Å². The molecule has 0 spiro atoms. The molecular formula is C23H34O5. The van der Waals surface area contributed by atoms with Crippen molar-refractivity contribution in [2.45, 2.75) is 59.3 Å². The highest BCUT2D eigenvalue weighted by molar-refractivity contribution is 5.86. The Morgan fingerprint density at radius 1 is 1.07 bits per heavy atom. The van der Waals surface area contributed by atoms with Crippen molar-refractivity contribution >= 4 is 11.9 Å². The van der Waals surface area contributed by atoms with Crippen molar-refractivity contribution < 1.29 is 24.5 Å². The van der Waals surface area contributed by atoms with Crippen LogP contribution in [0.2, 0.25) is 0 Å². The molecule has 156 valence electrons. The predicted octanol–water partition coefficient (Wildman–Crippen LogP) is 5.72. The zero-order chi connectivity index (χ0) is 21.4. The molecule has 1 aromatic carbocycles. The van der Waals surface area contributed by atoms with Crippen molar-refractivity contribution in [3.05, 3.63) is 54.1 Å². The van der Waals surface area contributed by atoms with Crippen LogP contribution in [0.15, 0.2) is 54.1 Å². The van der Waals surface area contributed by atoms with Gasteiger partial charge in [-0.05, 0) is 37.8 Å². The highest BCUT2D eigenvalue weighted by Gasteiger charge is 2.02. The average molecular weight is 391 g/mol. The molecule has 0 aliphatic rings. The van der Waals surface area contributed by atoms with E-state index in [0.29, 0.717) is 30.6 Å². The Hall–Kier alpha value is -2.56. The summed E-state index contributed by atoms with van der Waals surface area (Å²) in [6.45, 7) is 9.97. The molecule has 0 fully saturated rings. The minimum absolute atomic E-state index is 0.338. The van der Waals surface area contributed by atoms with Gasteiger partial charge in [0, 0.05) is 17.6 Å². The van der Waals surface area contributed by atoms with Gasteiger partial charge in [0.05, 0.1) is 6.61 Å². The summed E-state index contributed by atoms with van der Waals surface area (Å²) < 4.78 is 5.40. The van der Waals surface area contributed by atoms with Crippen LogP contribution in [0.1, 0.15) is 59.3 Å². The van der Waals surface area contributed by atoms with Crippen LogP contribution >= 0.6 is 0 Å². The highest BCUT2D eigenvalue weighted by atomic mass is 16.5. The van der Waals surface area contributed by atoms with E-state index in [2.05, 4.69) is 20.4 Å². The fourth-order valence-corrected chi connectivity index (χ4v) is 2.23. The number of carboxylic acids is 2. The standard InChI is InChI=1S/C12H14O3.C11H20O2/c1-10(12(13)14)6-5-9-15-11-7-3-2-4-8-11;1-9(2)7-5-4-6-8-10(3)11(12)13/h2-4,6-8H,5,9H2,1H3,(H,13,14);9H,3-8H2,1-2H3,(H,12,13). The topological polar surface area (TPSA) is 83.8 Å². The summed E-state index contributed by atoms with van der Waals surface area (Å²) in [6.07, 6.45) is 7.40. The normalized spacial score (nSPS) is 10.8. The molecule has 0 amide bonds. The highest BCUT2D eigenvalue weighted by Crippen LogP contribution is 2.12. The maximum absolute atomic E-state index is 10.5. The van der Waals surface area contributed by atoms with Crippen molar-refractivity contribution in [3.63, 3.8) is 0 Å². The second kappa shape index (κ2) is 15.5. The SMILES string of the molecule is C=C(CCCCCC(C)C)C(=O)O.CC(=CCCOc1ccccc1)C(=O)O. The molecule has 0 saturated carbocycles. The predicted molar refractivity (Wildman–Crippen MR) is 113 cm³/mol. The minimum atomic E-state index is -0.880. The van der Waals surface area contributed by atoms with Gasteiger partial charge in [-0.2, -0.15) is 0 Å². The molecule has 5 nitrogen and oxygen atoms in total. The molecule has 0 atom stereocenters. The van der Waals surface area contributed by atoms with E-state index < -0.39 is 11.9 Å². The van der Waals surface area contributed by atoms with Gasteiger partial charge in [-0.15, -0.1) is 0 Å². The molecule has 0 bridgehead atoms. The molecule has 0 unspecified atom stereocenters. The first-order valence-corrected chi connectivity index (χ1v) is 9.73. The van der Waals surface area contributed by atoms with Gasteiger partial charge in [0.1, 0.15) is 5.75 Å². The van der Waals surface area contributed by atoms with Crippen LogP contribution in [0.5, 0.6) is 5.75 Å². The quantitative estimate of drug-likeness (QED) is 0.352. The van der Waals surface area contributed by atoms with Gasteiger partial charge in [-0.25, -0.2) is 9.59 Å². The van der Waals surface area contributed by atoms with E-state index in [1.807, 2.05) is 30.3 Å². The number of carbonyl (C=O) groups is 2. The summed E-state index contributed by atoms with van der Waals surface area (Å²) in [5.74, 6) is -0.180. The van der Waals surface area contributed by atoms with Gasteiger partial charge in [0.15, 0.2) is 0 Å². The molecule has 0 heterocycles. The summed E-state index contributed by atoms with van der Waals surface area (Å²) in [7, 11) is 0. The van der Waals surface area contributed by atoms with Gasteiger partial charge < -0.3 is 14.9 Å². The van der Waals surface area contributed by atoms with Crippen molar-refractivity contribution in [2.24, 2.45) is 5.92 Å². The van der Waals surface area contributed by atoms with Gasteiger partial charge in [-0.3, -0.25) is 0 Å². The molecule has 1 aromatic rings. The Morgan fingerprint density at radius 2 is 1.71 bits per heavy atom. The molecule has 0 aromatic heterocycles. The number of hydrogen-bond acceptors (Lipinski definition) is 3. The Balaban J connectivity index is 0.000000528. The first kappa shape index (κ1) is 25.4. The lowest BCUT2D eigenvalue weighted by atomic mass is 10.0. The molecule has 0 saturated heterocycles. The number of hydrogen-bond donors (Lipinski definition) is 2. The van der Waals surface area contributed by atoms with Crippen LogP contribution < -0.4 is 4.74 Å². The van der Waals surface area contributed by atoms with Crippen molar-refractivity contribution in [1.29, 1.82) is 0 Å². The van der Waals surface area contributed by atoms with E-state index >= 15 is 0 Å². The van der Waals surface area contributed by atoms with E-state index in [1.54, 1.807) is 13.0 Å². The van der Waals surface area contributed by atoms with Gasteiger partial charge in [-0.1, -0.05) is 64.0 Å². The summed E-state index contributed by atoms with van der Waals surface area (Å²) in [5, 5.41) is 17.1. The molecule has 0 aliphatic heterocycles. The first-order chi connectivity index (χ1) is 13.2. The Kier molecular flexibility index (Phi) is 14.1. The minimum Gasteiger partial charge on any atom is -0.493 e.